The summed E-state index contributed by atoms with van der Waals surface area (Å²) < 4.78 is 1.61. The van der Waals surface area contributed by atoms with Gasteiger partial charge in [-0.15, -0.1) is 0 Å². The van der Waals surface area contributed by atoms with Crippen LogP contribution in [0.4, 0.5) is 0 Å². The van der Waals surface area contributed by atoms with E-state index in [1.165, 1.54) is 6.33 Å². The minimum atomic E-state index is -0.717. The number of aromatic nitrogens is 3. The highest BCUT2D eigenvalue weighted by Gasteiger charge is 2.34. The van der Waals surface area contributed by atoms with Gasteiger partial charge in [0.05, 0.1) is 12.2 Å². The smallest absolute Gasteiger partial charge is 0.138 e. The summed E-state index contributed by atoms with van der Waals surface area (Å²) >= 11 is 0. The largest absolute Gasteiger partial charge is 0.390 e. The maximum Gasteiger partial charge on any atom is 0.138 e. The van der Waals surface area contributed by atoms with Crippen LogP contribution >= 0.6 is 0 Å². The summed E-state index contributed by atoms with van der Waals surface area (Å²) in [5, 5.41) is 23.2. The molecule has 0 saturated heterocycles. The molecule has 0 bridgehead atoms. The summed E-state index contributed by atoms with van der Waals surface area (Å²) in [5.74, 6) is 0.996. The number of aliphatic hydroxyl groups excluding tert-OH is 2. The van der Waals surface area contributed by atoms with Crippen LogP contribution in [-0.4, -0.2) is 37.2 Å². The SMILES string of the molecule is Cn1ncnc1CC(O)C(O)C1CC1. The molecule has 0 radical (unpaired) electrons. The standard InChI is InChI=1S/C9H15N3O2/c1-12-8(10-5-11-12)4-7(13)9(14)6-2-3-6/h5-7,9,13-14H,2-4H2,1H3. The molecule has 1 saturated carbocycles. The van der Waals surface area contributed by atoms with Crippen molar-refractivity contribution in [3.8, 4) is 0 Å². The second-order valence-electron chi connectivity index (χ2n) is 3.90. The van der Waals surface area contributed by atoms with Gasteiger partial charge < -0.3 is 10.2 Å². The van der Waals surface area contributed by atoms with E-state index in [0.29, 0.717) is 18.2 Å². The zero-order valence-corrected chi connectivity index (χ0v) is 8.17. The van der Waals surface area contributed by atoms with Crippen LogP contribution in [0.2, 0.25) is 0 Å². The van der Waals surface area contributed by atoms with Gasteiger partial charge in [0.2, 0.25) is 0 Å². The lowest BCUT2D eigenvalue weighted by Gasteiger charge is -2.16. The molecular formula is C9H15N3O2. The first-order chi connectivity index (χ1) is 6.68. The van der Waals surface area contributed by atoms with Gasteiger partial charge in [0, 0.05) is 13.5 Å². The van der Waals surface area contributed by atoms with Gasteiger partial charge >= 0.3 is 0 Å². The van der Waals surface area contributed by atoms with Crippen LogP contribution in [0.15, 0.2) is 6.33 Å². The molecule has 1 aromatic rings. The van der Waals surface area contributed by atoms with Gasteiger partial charge in [0.25, 0.3) is 0 Å². The van der Waals surface area contributed by atoms with E-state index in [1.54, 1.807) is 11.7 Å². The van der Waals surface area contributed by atoms with Gasteiger partial charge in [-0.1, -0.05) is 0 Å². The lowest BCUT2D eigenvalue weighted by molar-refractivity contribution is 0.00524. The predicted molar refractivity (Wildman–Crippen MR) is 49.4 cm³/mol. The summed E-state index contributed by atoms with van der Waals surface area (Å²) in [5.41, 5.74) is 0. The van der Waals surface area contributed by atoms with Gasteiger partial charge in [-0.2, -0.15) is 5.10 Å². The Morgan fingerprint density at radius 1 is 1.57 bits per heavy atom. The van der Waals surface area contributed by atoms with E-state index in [1.807, 2.05) is 0 Å². The molecule has 0 aliphatic heterocycles. The Balaban J connectivity index is 1.93. The molecular weight excluding hydrogens is 182 g/mol. The topological polar surface area (TPSA) is 71.2 Å². The van der Waals surface area contributed by atoms with E-state index in [-0.39, 0.29) is 0 Å². The fourth-order valence-electron chi connectivity index (χ4n) is 1.56. The number of aryl methyl sites for hydroxylation is 1. The highest BCUT2D eigenvalue weighted by molar-refractivity contribution is 4.92. The Hall–Kier alpha value is -0.940. The zero-order valence-electron chi connectivity index (χ0n) is 8.17. The molecule has 5 nitrogen and oxygen atoms in total. The Labute approximate surface area is 82.4 Å². The molecule has 1 fully saturated rings. The first-order valence-corrected chi connectivity index (χ1v) is 4.87. The number of aliphatic hydroxyl groups is 2. The maximum absolute atomic E-state index is 9.69. The third-order valence-corrected chi connectivity index (χ3v) is 2.70. The van der Waals surface area contributed by atoms with Crippen LogP contribution in [0.3, 0.4) is 0 Å². The van der Waals surface area contributed by atoms with Crippen LogP contribution in [0.1, 0.15) is 18.7 Å². The van der Waals surface area contributed by atoms with Crippen LogP contribution in [-0.2, 0) is 13.5 Å². The van der Waals surface area contributed by atoms with Crippen LogP contribution in [0.5, 0.6) is 0 Å². The first kappa shape index (κ1) is 9.61. The molecule has 1 aliphatic carbocycles. The third-order valence-electron chi connectivity index (χ3n) is 2.70. The molecule has 5 heteroatoms. The predicted octanol–water partition coefficient (Wildman–Crippen LogP) is -0.511. The maximum atomic E-state index is 9.69. The molecule has 2 unspecified atom stereocenters. The van der Waals surface area contributed by atoms with Gasteiger partial charge in [-0.05, 0) is 18.8 Å². The molecule has 2 rings (SSSR count). The molecule has 14 heavy (non-hydrogen) atoms. The molecule has 1 heterocycles. The number of nitrogens with zero attached hydrogens (tertiary/aromatic N) is 3. The van der Waals surface area contributed by atoms with E-state index >= 15 is 0 Å². The summed E-state index contributed by atoms with van der Waals surface area (Å²) in [7, 11) is 1.78. The Kier molecular flexibility index (Phi) is 2.52. The Morgan fingerprint density at radius 3 is 2.79 bits per heavy atom. The van der Waals surface area contributed by atoms with Crippen molar-refractivity contribution in [1.29, 1.82) is 0 Å². The summed E-state index contributed by atoms with van der Waals surface area (Å²) in [6, 6.07) is 0. The van der Waals surface area contributed by atoms with Crippen molar-refractivity contribution < 1.29 is 10.2 Å². The Bertz CT molecular complexity index is 309. The van der Waals surface area contributed by atoms with Gasteiger partial charge in [0.15, 0.2) is 0 Å². The monoisotopic (exact) mass is 197 g/mol. The summed E-state index contributed by atoms with van der Waals surface area (Å²) in [6.07, 6.45) is 2.55. The lowest BCUT2D eigenvalue weighted by atomic mass is 10.1. The van der Waals surface area contributed by atoms with E-state index in [9.17, 15) is 10.2 Å². The molecule has 2 atom stereocenters. The third kappa shape index (κ3) is 1.93. The van der Waals surface area contributed by atoms with Crippen molar-refractivity contribution in [3.05, 3.63) is 12.2 Å². The molecule has 78 valence electrons. The summed E-state index contributed by atoms with van der Waals surface area (Å²) in [4.78, 5) is 4.00. The van der Waals surface area contributed by atoms with E-state index in [2.05, 4.69) is 10.1 Å². The van der Waals surface area contributed by atoms with Crippen molar-refractivity contribution in [2.45, 2.75) is 31.5 Å². The fraction of sp³-hybridized carbons (Fsp3) is 0.778. The second-order valence-corrected chi connectivity index (χ2v) is 3.90. The van der Waals surface area contributed by atoms with Crippen LogP contribution in [0, 0.1) is 5.92 Å². The highest BCUT2D eigenvalue weighted by Crippen LogP contribution is 2.34. The fourth-order valence-corrected chi connectivity index (χ4v) is 1.56. The van der Waals surface area contributed by atoms with Crippen molar-refractivity contribution >= 4 is 0 Å². The van der Waals surface area contributed by atoms with Gasteiger partial charge in [-0.3, -0.25) is 4.68 Å². The average Bonchev–Trinajstić information content (AvgIpc) is 2.92. The number of hydrogen-bond donors (Lipinski definition) is 2. The van der Waals surface area contributed by atoms with Crippen molar-refractivity contribution in [2.75, 3.05) is 0 Å². The quantitative estimate of drug-likeness (QED) is 0.682. The Morgan fingerprint density at radius 2 is 2.29 bits per heavy atom. The molecule has 1 aliphatic rings. The van der Waals surface area contributed by atoms with E-state index in [0.717, 1.165) is 12.8 Å². The summed E-state index contributed by atoms with van der Waals surface area (Å²) in [6.45, 7) is 0. The second kappa shape index (κ2) is 3.67. The minimum Gasteiger partial charge on any atom is -0.390 e. The molecule has 0 amide bonds. The van der Waals surface area contributed by atoms with Gasteiger partial charge in [0.1, 0.15) is 12.2 Å². The first-order valence-electron chi connectivity index (χ1n) is 4.87. The van der Waals surface area contributed by atoms with Crippen molar-refractivity contribution in [1.82, 2.24) is 14.8 Å². The van der Waals surface area contributed by atoms with Gasteiger partial charge in [-0.25, -0.2) is 4.98 Å². The van der Waals surface area contributed by atoms with E-state index in [4.69, 9.17) is 0 Å². The lowest BCUT2D eigenvalue weighted by Crippen LogP contribution is -2.30. The molecule has 1 aromatic heterocycles. The van der Waals surface area contributed by atoms with Crippen LogP contribution < -0.4 is 0 Å². The number of rotatable bonds is 4. The molecule has 0 spiro atoms. The number of hydrogen-bond acceptors (Lipinski definition) is 4. The van der Waals surface area contributed by atoms with Crippen molar-refractivity contribution in [3.63, 3.8) is 0 Å². The molecule has 0 aromatic carbocycles. The zero-order chi connectivity index (χ0) is 10.1. The minimum absolute atomic E-state index is 0.290. The van der Waals surface area contributed by atoms with Crippen LogP contribution in [0.25, 0.3) is 0 Å². The normalized spacial score (nSPS) is 20.8. The average molecular weight is 197 g/mol. The van der Waals surface area contributed by atoms with Crippen molar-refractivity contribution in [2.24, 2.45) is 13.0 Å². The highest BCUT2D eigenvalue weighted by atomic mass is 16.3. The van der Waals surface area contributed by atoms with E-state index < -0.39 is 12.2 Å². The molecule has 2 N–H and O–H groups in total.